The number of benzene rings is 2. The molecular weight excluding hydrogens is 279 g/mol. The Morgan fingerprint density at radius 1 is 1.30 bits per heavy atom. The Kier molecular flexibility index (Phi) is 4.63. The van der Waals surface area contributed by atoms with Crippen molar-refractivity contribution in [1.29, 1.82) is 0 Å². The average molecular weight is 295 g/mol. The third kappa shape index (κ3) is 3.11. The van der Waals surface area contributed by atoms with Crippen LogP contribution in [0.2, 0.25) is 5.02 Å². The largest absolute Gasteiger partial charge is 0.457 e. The van der Waals surface area contributed by atoms with Crippen molar-refractivity contribution < 1.29 is 14.2 Å². The fraction of sp³-hybridized carbons (Fsp3) is 0.250. The zero-order valence-electron chi connectivity index (χ0n) is 11.4. The maximum Gasteiger partial charge on any atom is 0.136 e. The second-order valence-corrected chi connectivity index (χ2v) is 4.94. The number of hydrogen-bond acceptors (Lipinski definition) is 2. The van der Waals surface area contributed by atoms with Crippen LogP contribution in [0.3, 0.4) is 0 Å². The van der Waals surface area contributed by atoms with Crippen molar-refractivity contribution in [3.63, 3.8) is 0 Å². The summed E-state index contributed by atoms with van der Waals surface area (Å²) in [5, 5.41) is 10.3. The minimum Gasteiger partial charge on any atom is -0.457 e. The van der Waals surface area contributed by atoms with Crippen molar-refractivity contribution in [2.24, 2.45) is 0 Å². The third-order valence-electron chi connectivity index (χ3n) is 3.06. The molecule has 0 fully saturated rings. The molecule has 4 heteroatoms. The Bertz CT molecular complexity index is 611. The second-order valence-electron chi connectivity index (χ2n) is 4.54. The van der Waals surface area contributed by atoms with E-state index in [-0.39, 0.29) is 5.56 Å². The number of rotatable bonds is 4. The molecule has 0 unspecified atom stereocenters. The highest BCUT2D eigenvalue weighted by Gasteiger charge is 2.15. The van der Waals surface area contributed by atoms with Crippen LogP contribution in [0.15, 0.2) is 36.4 Å². The lowest BCUT2D eigenvalue weighted by molar-refractivity contribution is 0.190. The van der Waals surface area contributed by atoms with Crippen LogP contribution in [0.1, 0.15) is 31.1 Å². The smallest absolute Gasteiger partial charge is 0.136 e. The topological polar surface area (TPSA) is 29.5 Å². The maximum atomic E-state index is 13.8. The van der Waals surface area contributed by atoms with E-state index in [1.54, 1.807) is 24.3 Å². The van der Waals surface area contributed by atoms with Gasteiger partial charge in [-0.3, -0.25) is 0 Å². The summed E-state index contributed by atoms with van der Waals surface area (Å²) in [5.74, 6) is 0.394. The van der Waals surface area contributed by atoms with E-state index in [2.05, 4.69) is 0 Å². The maximum absolute atomic E-state index is 13.8. The minimum absolute atomic E-state index is 0.153. The molecule has 0 saturated carbocycles. The van der Waals surface area contributed by atoms with Crippen LogP contribution in [-0.4, -0.2) is 5.11 Å². The van der Waals surface area contributed by atoms with Gasteiger partial charge in [0.1, 0.15) is 17.3 Å². The van der Waals surface area contributed by atoms with Gasteiger partial charge in [0, 0.05) is 5.02 Å². The first kappa shape index (κ1) is 14.8. The quantitative estimate of drug-likeness (QED) is 0.870. The lowest BCUT2D eigenvalue weighted by atomic mass is 10.1. The molecule has 2 aromatic rings. The monoisotopic (exact) mass is 294 g/mol. The van der Waals surface area contributed by atoms with Gasteiger partial charge in [0.2, 0.25) is 0 Å². The SMILES string of the molecule is CCc1cc(Oc2cccc(F)c2[C@H](C)O)ccc1Cl. The number of aliphatic hydroxyl groups is 1. The van der Waals surface area contributed by atoms with Crippen molar-refractivity contribution in [3.05, 3.63) is 58.4 Å². The molecule has 0 radical (unpaired) electrons. The molecular formula is C16H16ClFO2. The molecule has 0 spiro atoms. The van der Waals surface area contributed by atoms with Crippen molar-refractivity contribution in [3.8, 4) is 11.5 Å². The van der Waals surface area contributed by atoms with E-state index in [1.165, 1.54) is 13.0 Å². The number of aliphatic hydroxyl groups excluding tert-OH is 1. The number of ether oxygens (including phenoxy) is 1. The van der Waals surface area contributed by atoms with E-state index in [0.717, 1.165) is 12.0 Å². The first-order valence-electron chi connectivity index (χ1n) is 6.45. The highest BCUT2D eigenvalue weighted by molar-refractivity contribution is 6.31. The van der Waals surface area contributed by atoms with Crippen LogP contribution in [0.4, 0.5) is 4.39 Å². The molecule has 0 aliphatic heterocycles. The Morgan fingerprint density at radius 3 is 2.70 bits per heavy atom. The van der Waals surface area contributed by atoms with Gasteiger partial charge in [-0.1, -0.05) is 24.6 Å². The fourth-order valence-corrected chi connectivity index (χ4v) is 2.28. The summed E-state index contributed by atoms with van der Waals surface area (Å²) in [6.45, 7) is 3.50. The average Bonchev–Trinajstić information content (AvgIpc) is 2.40. The summed E-state index contributed by atoms with van der Waals surface area (Å²) < 4.78 is 19.4. The number of hydrogen-bond donors (Lipinski definition) is 1. The Hall–Kier alpha value is -1.58. The van der Waals surface area contributed by atoms with Crippen molar-refractivity contribution in [2.75, 3.05) is 0 Å². The molecule has 0 bridgehead atoms. The highest BCUT2D eigenvalue weighted by Crippen LogP contribution is 2.33. The first-order chi connectivity index (χ1) is 9.52. The number of aryl methyl sites for hydroxylation is 1. The first-order valence-corrected chi connectivity index (χ1v) is 6.83. The predicted octanol–water partition coefficient (Wildman–Crippen LogP) is 4.89. The van der Waals surface area contributed by atoms with Crippen molar-refractivity contribution in [2.45, 2.75) is 26.4 Å². The minimum atomic E-state index is -0.941. The molecule has 0 amide bonds. The summed E-state index contributed by atoms with van der Waals surface area (Å²) in [5.41, 5.74) is 1.11. The lowest BCUT2D eigenvalue weighted by Gasteiger charge is -2.14. The highest BCUT2D eigenvalue weighted by atomic mass is 35.5. The van der Waals surface area contributed by atoms with E-state index >= 15 is 0 Å². The molecule has 106 valence electrons. The summed E-state index contributed by atoms with van der Waals surface area (Å²) in [6.07, 6.45) is -0.160. The molecule has 0 saturated heterocycles. The Balaban J connectivity index is 2.37. The standard InChI is InChI=1S/C16H16ClFO2/c1-3-11-9-12(7-8-13(11)17)20-15-6-4-5-14(18)16(15)10(2)19/h4-10,19H,3H2,1-2H3/t10-/m0/s1. The van der Waals surface area contributed by atoms with Gasteiger partial charge in [-0.2, -0.15) is 0 Å². The van der Waals surface area contributed by atoms with Gasteiger partial charge >= 0.3 is 0 Å². The molecule has 0 heterocycles. The third-order valence-corrected chi connectivity index (χ3v) is 3.43. The van der Waals surface area contributed by atoms with Gasteiger partial charge in [0.15, 0.2) is 0 Å². The van der Waals surface area contributed by atoms with E-state index in [9.17, 15) is 9.50 Å². The van der Waals surface area contributed by atoms with Crippen LogP contribution in [-0.2, 0) is 6.42 Å². The molecule has 2 nitrogen and oxygen atoms in total. The van der Waals surface area contributed by atoms with Crippen LogP contribution in [0.25, 0.3) is 0 Å². The van der Waals surface area contributed by atoms with Gasteiger partial charge in [0.05, 0.1) is 11.7 Å². The van der Waals surface area contributed by atoms with E-state index in [1.807, 2.05) is 13.0 Å². The molecule has 20 heavy (non-hydrogen) atoms. The Morgan fingerprint density at radius 2 is 2.05 bits per heavy atom. The predicted molar refractivity (Wildman–Crippen MR) is 77.9 cm³/mol. The van der Waals surface area contributed by atoms with Crippen molar-refractivity contribution in [1.82, 2.24) is 0 Å². The summed E-state index contributed by atoms with van der Waals surface area (Å²) in [6, 6.07) is 9.77. The molecule has 2 rings (SSSR count). The van der Waals surface area contributed by atoms with Crippen LogP contribution in [0, 0.1) is 5.82 Å². The summed E-state index contributed by atoms with van der Waals surface area (Å²) in [7, 11) is 0. The lowest BCUT2D eigenvalue weighted by Crippen LogP contribution is -2.00. The van der Waals surface area contributed by atoms with Gasteiger partial charge in [-0.25, -0.2) is 4.39 Å². The van der Waals surface area contributed by atoms with E-state index < -0.39 is 11.9 Å². The van der Waals surface area contributed by atoms with Crippen LogP contribution < -0.4 is 4.74 Å². The summed E-state index contributed by atoms with van der Waals surface area (Å²) >= 11 is 6.05. The summed E-state index contributed by atoms with van der Waals surface area (Å²) in [4.78, 5) is 0. The molecule has 1 N–H and O–H groups in total. The van der Waals surface area contributed by atoms with E-state index in [0.29, 0.717) is 16.5 Å². The zero-order chi connectivity index (χ0) is 14.7. The number of halogens is 2. The van der Waals surface area contributed by atoms with Gasteiger partial charge < -0.3 is 9.84 Å². The molecule has 0 aromatic heterocycles. The fourth-order valence-electron chi connectivity index (χ4n) is 2.02. The van der Waals surface area contributed by atoms with E-state index in [4.69, 9.17) is 16.3 Å². The molecule has 1 atom stereocenters. The van der Waals surface area contributed by atoms with Gasteiger partial charge in [0.25, 0.3) is 0 Å². The molecule has 0 aliphatic carbocycles. The second kappa shape index (κ2) is 6.25. The van der Waals surface area contributed by atoms with Gasteiger partial charge in [-0.15, -0.1) is 0 Å². The van der Waals surface area contributed by atoms with Crippen LogP contribution >= 0.6 is 11.6 Å². The Labute approximate surface area is 122 Å². The zero-order valence-corrected chi connectivity index (χ0v) is 12.1. The normalized spacial score (nSPS) is 12.2. The molecule has 2 aromatic carbocycles. The molecule has 0 aliphatic rings. The van der Waals surface area contributed by atoms with Crippen LogP contribution in [0.5, 0.6) is 11.5 Å². The van der Waals surface area contributed by atoms with Crippen molar-refractivity contribution >= 4 is 11.6 Å². The van der Waals surface area contributed by atoms with Gasteiger partial charge in [-0.05, 0) is 49.2 Å².